The van der Waals surface area contributed by atoms with Gasteiger partial charge in [-0.05, 0) is 46.6 Å². The fourth-order valence-corrected chi connectivity index (χ4v) is 4.04. The molecule has 0 fully saturated rings. The second-order valence-electron chi connectivity index (χ2n) is 7.41. The van der Waals surface area contributed by atoms with Gasteiger partial charge in [0.2, 0.25) is 0 Å². The number of hydrogen-bond acceptors (Lipinski definition) is 7. The molecule has 0 radical (unpaired) electrons. The summed E-state index contributed by atoms with van der Waals surface area (Å²) in [6.07, 6.45) is 1.30. The van der Waals surface area contributed by atoms with Gasteiger partial charge in [-0.15, -0.1) is 4.68 Å². The number of nitro groups is 1. The Labute approximate surface area is 217 Å². The highest BCUT2D eigenvalue weighted by atomic mass is 79.9. The van der Waals surface area contributed by atoms with Gasteiger partial charge >= 0.3 is 5.69 Å². The molecule has 0 amide bonds. The molecular formula is C24H18BrClN4O6. The van der Waals surface area contributed by atoms with E-state index in [9.17, 15) is 19.7 Å². The number of rotatable bonds is 8. The van der Waals surface area contributed by atoms with Gasteiger partial charge in [0, 0.05) is 22.2 Å². The zero-order valence-electron chi connectivity index (χ0n) is 18.7. The molecular weight excluding hydrogens is 556 g/mol. The van der Waals surface area contributed by atoms with E-state index in [0.717, 1.165) is 4.68 Å². The van der Waals surface area contributed by atoms with E-state index in [0.29, 0.717) is 33.1 Å². The van der Waals surface area contributed by atoms with Crippen LogP contribution in [0, 0.1) is 10.1 Å². The molecule has 3 aromatic carbocycles. The third-order valence-electron chi connectivity index (χ3n) is 5.06. The lowest BCUT2D eigenvalue weighted by atomic mass is 10.2. The van der Waals surface area contributed by atoms with Crippen molar-refractivity contribution in [1.82, 2.24) is 9.66 Å². The van der Waals surface area contributed by atoms with Crippen molar-refractivity contribution in [2.24, 2.45) is 5.10 Å². The third kappa shape index (κ3) is 5.16. The first-order valence-electron chi connectivity index (χ1n) is 10.6. The highest BCUT2D eigenvalue weighted by Crippen LogP contribution is 2.42. The number of fused-ring (bicyclic) bond motifs is 1. The highest BCUT2D eigenvalue weighted by Gasteiger charge is 2.18. The monoisotopic (exact) mass is 572 g/mol. The topological polar surface area (TPSA) is 129 Å². The number of benzene rings is 3. The number of nitrogens with zero attached hydrogens (tertiary/aromatic N) is 3. The van der Waals surface area contributed by atoms with E-state index in [1.54, 1.807) is 49.4 Å². The van der Waals surface area contributed by atoms with Crippen molar-refractivity contribution in [3.63, 3.8) is 0 Å². The number of ether oxygens (including phenoxy) is 2. The number of aromatic nitrogens is 2. The first-order valence-corrected chi connectivity index (χ1v) is 11.8. The number of H-pyrrole nitrogens is 1. The molecule has 0 saturated carbocycles. The molecule has 1 aromatic heterocycles. The van der Waals surface area contributed by atoms with Gasteiger partial charge < -0.3 is 14.5 Å². The first kappa shape index (κ1) is 25.1. The fraction of sp³-hybridized carbons (Fsp3) is 0.125. The third-order valence-corrected chi connectivity index (χ3v) is 6.50. The number of halogens is 2. The summed E-state index contributed by atoms with van der Waals surface area (Å²) in [4.78, 5) is 38.3. The normalized spacial score (nSPS) is 11.2. The minimum atomic E-state index is -0.695. The highest BCUT2D eigenvalue weighted by molar-refractivity contribution is 9.10. The van der Waals surface area contributed by atoms with Crippen LogP contribution in [0.25, 0.3) is 10.9 Å². The molecule has 0 spiro atoms. The average Bonchev–Trinajstić information content (AvgIpc) is 2.86. The lowest BCUT2D eigenvalue weighted by Crippen LogP contribution is -2.32. The molecule has 4 rings (SSSR count). The molecule has 12 heteroatoms. The Kier molecular flexibility index (Phi) is 7.51. The molecule has 0 aliphatic carbocycles. The van der Waals surface area contributed by atoms with Crippen LogP contribution in [0.1, 0.15) is 18.1 Å². The molecule has 10 nitrogen and oxygen atoms in total. The average molecular weight is 574 g/mol. The smallest absolute Gasteiger partial charge is 0.349 e. The van der Waals surface area contributed by atoms with E-state index >= 15 is 0 Å². The predicted molar refractivity (Wildman–Crippen MR) is 140 cm³/mol. The Morgan fingerprint density at radius 3 is 2.69 bits per heavy atom. The first-order chi connectivity index (χ1) is 17.3. The quantitative estimate of drug-likeness (QED) is 0.182. The van der Waals surface area contributed by atoms with Crippen molar-refractivity contribution < 1.29 is 14.4 Å². The summed E-state index contributed by atoms with van der Waals surface area (Å²) in [7, 11) is 0. The molecule has 0 saturated heterocycles. The van der Waals surface area contributed by atoms with E-state index in [4.69, 9.17) is 21.1 Å². The van der Waals surface area contributed by atoms with Gasteiger partial charge in [-0.3, -0.25) is 14.9 Å². The van der Waals surface area contributed by atoms with Crippen molar-refractivity contribution in [3.8, 4) is 11.5 Å². The Bertz CT molecular complexity index is 1620. The van der Waals surface area contributed by atoms with E-state index in [2.05, 4.69) is 26.0 Å². The van der Waals surface area contributed by atoms with Crippen molar-refractivity contribution >= 4 is 50.3 Å². The maximum atomic E-state index is 12.7. The molecule has 0 bridgehead atoms. The van der Waals surface area contributed by atoms with Crippen LogP contribution >= 0.6 is 27.5 Å². The second-order valence-corrected chi connectivity index (χ2v) is 8.58. The lowest BCUT2D eigenvalue weighted by molar-refractivity contribution is -0.384. The summed E-state index contributed by atoms with van der Waals surface area (Å²) < 4.78 is 12.6. The molecule has 1 N–H and O–H groups in total. The number of nitrogens with one attached hydrogen (secondary N) is 1. The van der Waals surface area contributed by atoms with Crippen LogP contribution in [0.4, 0.5) is 5.69 Å². The van der Waals surface area contributed by atoms with E-state index in [1.165, 1.54) is 18.3 Å². The van der Waals surface area contributed by atoms with Crippen molar-refractivity contribution in [1.29, 1.82) is 0 Å². The van der Waals surface area contributed by atoms with Gasteiger partial charge in [-0.2, -0.15) is 5.10 Å². The van der Waals surface area contributed by atoms with Gasteiger partial charge in [0.05, 0.1) is 28.6 Å². The van der Waals surface area contributed by atoms with Crippen LogP contribution in [0.2, 0.25) is 5.02 Å². The summed E-state index contributed by atoms with van der Waals surface area (Å²) in [6, 6.07) is 14.3. The SMILES string of the molecule is CCOc1cc(C=Nn2c(=O)[nH]c3ccccc3c2=O)c(Br)c(Cl)c1OCc1cccc([N+](=O)[O-])c1. The van der Waals surface area contributed by atoms with Gasteiger partial charge in [0.1, 0.15) is 11.6 Å². The summed E-state index contributed by atoms with van der Waals surface area (Å²) in [5, 5.41) is 15.6. The molecule has 0 aliphatic heterocycles. The Morgan fingerprint density at radius 1 is 1.17 bits per heavy atom. The van der Waals surface area contributed by atoms with E-state index in [1.807, 2.05) is 0 Å². The van der Waals surface area contributed by atoms with Crippen LogP contribution in [-0.4, -0.2) is 27.4 Å². The standard InChI is InChI=1S/C24H18BrClN4O6/c1-2-35-19-11-15(12-27-29-23(31)17-8-3-4-9-18(17)28-24(29)32)20(25)21(26)22(19)36-13-14-6-5-7-16(10-14)30(33)34/h3-12H,2,13H2,1H3,(H,28,32). The van der Waals surface area contributed by atoms with Gasteiger partial charge in [-0.1, -0.05) is 35.9 Å². The van der Waals surface area contributed by atoms with Crippen LogP contribution < -0.4 is 20.7 Å². The summed E-state index contributed by atoms with van der Waals surface area (Å²) in [6.45, 7) is 2.08. The molecule has 4 aromatic rings. The minimum Gasteiger partial charge on any atom is -0.490 e. The largest absolute Gasteiger partial charge is 0.490 e. The molecule has 1 heterocycles. The zero-order valence-corrected chi connectivity index (χ0v) is 21.1. The minimum absolute atomic E-state index is 0.00318. The Balaban J connectivity index is 1.69. The number of nitro benzene ring substituents is 1. The maximum absolute atomic E-state index is 12.7. The van der Waals surface area contributed by atoms with Crippen LogP contribution in [0.5, 0.6) is 11.5 Å². The van der Waals surface area contributed by atoms with E-state index in [-0.39, 0.29) is 28.8 Å². The van der Waals surface area contributed by atoms with Gasteiger partial charge in [-0.25, -0.2) is 4.79 Å². The summed E-state index contributed by atoms with van der Waals surface area (Å²) >= 11 is 9.95. The number of hydrogen-bond donors (Lipinski definition) is 1. The maximum Gasteiger partial charge on any atom is 0.349 e. The summed E-state index contributed by atoms with van der Waals surface area (Å²) in [5.41, 5.74) is 0.0739. The number of non-ortho nitro benzene ring substituents is 1. The van der Waals surface area contributed by atoms with Crippen molar-refractivity contribution in [2.45, 2.75) is 13.5 Å². The van der Waals surface area contributed by atoms with Crippen molar-refractivity contribution in [2.75, 3.05) is 6.61 Å². The molecule has 0 unspecified atom stereocenters. The lowest BCUT2D eigenvalue weighted by Gasteiger charge is -2.16. The van der Waals surface area contributed by atoms with Crippen LogP contribution in [0.3, 0.4) is 0 Å². The second kappa shape index (κ2) is 10.8. The Morgan fingerprint density at radius 2 is 1.94 bits per heavy atom. The fourth-order valence-electron chi connectivity index (χ4n) is 3.39. The van der Waals surface area contributed by atoms with Crippen LogP contribution in [0.15, 0.2) is 73.8 Å². The van der Waals surface area contributed by atoms with E-state index < -0.39 is 16.2 Å². The number of aromatic amines is 1. The van der Waals surface area contributed by atoms with Gasteiger partial charge in [0.15, 0.2) is 11.5 Å². The van der Waals surface area contributed by atoms with Gasteiger partial charge in [0.25, 0.3) is 11.2 Å². The predicted octanol–water partition coefficient (Wildman–Crippen LogP) is 4.87. The number of para-hydroxylation sites is 1. The molecule has 36 heavy (non-hydrogen) atoms. The summed E-state index contributed by atoms with van der Waals surface area (Å²) in [5.74, 6) is 0.507. The zero-order chi connectivity index (χ0) is 25.8. The Hall–Kier alpha value is -3.96. The van der Waals surface area contributed by atoms with Crippen molar-refractivity contribution in [3.05, 3.63) is 106 Å². The molecule has 184 valence electrons. The molecule has 0 aliphatic rings. The van der Waals surface area contributed by atoms with Crippen LogP contribution in [-0.2, 0) is 6.61 Å². The molecule has 0 atom stereocenters.